The van der Waals surface area contributed by atoms with Crippen molar-refractivity contribution in [2.45, 2.75) is 19.8 Å². The van der Waals surface area contributed by atoms with Crippen LogP contribution >= 0.6 is 11.6 Å². The minimum atomic E-state index is 0.199. The van der Waals surface area contributed by atoms with Gasteiger partial charge in [-0.25, -0.2) is 0 Å². The van der Waals surface area contributed by atoms with Crippen LogP contribution < -0.4 is 0 Å². The SMILES string of the molecule is CCC(=O)Cc1ccc(Cl)cn1. The highest BCUT2D eigenvalue weighted by molar-refractivity contribution is 6.30. The van der Waals surface area contributed by atoms with Crippen molar-refractivity contribution < 1.29 is 4.79 Å². The summed E-state index contributed by atoms with van der Waals surface area (Å²) >= 11 is 5.63. The molecule has 12 heavy (non-hydrogen) atoms. The van der Waals surface area contributed by atoms with E-state index >= 15 is 0 Å². The predicted molar refractivity (Wildman–Crippen MR) is 48.2 cm³/mol. The topological polar surface area (TPSA) is 30.0 Å². The molecule has 0 atom stereocenters. The zero-order chi connectivity index (χ0) is 8.97. The third kappa shape index (κ3) is 2.62. The van der Waals surface area contributed by atoms with E-state index < -0.39 is 0 Å². The summed E-state index contributed by atoms with van der Waals surface area (Å²) < 4.78 is 0. The maximum absolute atomic E-state index is 11.0. The summed E-state index contributed by atoms with van der Waals surface area (Å²) in [6, 6.07) is 3.52. The van der Waals surface area contributed by atoms with Crippen LogP contribution in [-0.4, -0.2) is 10.8 Å². The van der Waals surface area contributed by atoms with E-state index in [1.54, 1.807) is 18.3 Å². The average Bonchev–Trinajstić information content (AvgIpc) is 2.09. The second-order valence-corrected chi connectivity index (χ2v) is 2.97. The van der Waals surface area contributed by atoms with Gasteiger partial charge in [0.25, 0.3) is 0 Å². The Morgan fingerprint density at radius 1 is 1.58 bits per heavy atom. The number of hydrogen-bond acceptors (Lipinski definition) is 2. The molecule has 0 aliphatic carbocycles. The maximum atomic E-state index is 11.0. The van der Waals surface area contributed by atoms with Crippen LogP contribution in [0.4, 0.5) is 0 Å². The molecule has 0 radical (unpaired) electrons. The summed E-state index contributed by atoms with van der Waals surface area (Å²) in [5, 5.41) is 0.600. The van der Waals surface area contributed by atoms with E-state index in [0.717, 1.165) is 5.69 Å². The molecule has 0 unspecified atom stereocenters. The fourth-order valence-corrected chi connectivity index (χ4v) is 0.950. The Morgan fingerprint density at radius 3 is 2.83 bits per heavy atom. The predicted octanol–water partition coefficient (Wildman–Crippen LogP) is 2.26. The minimum absolute atomic E-state index is 0.199. The first kappa shape index (κ1) is 9.20. The molecule has 0 fully saturated rings. The molecule has 0 amide bonds. The van der Waals surface area contributed by atoms with Gasteiger partial charge in [-0.05, 0) is 12.1 Å². The van der Waals surface area contributed by atoms with E-state index in [9.17, 15) is 4.79 Å². The molecule has 0 saturated carbocycles. The molecule has 0 aliphatic heterocycles. The number of halogens is 1. The molecule has 0 aliphatic rings. The van der Waals surface area contributed by atoms with Crippen molar-refractivity contribution in [1.29, 1.82) is 0 Å². The molecule has 1 heterocycles. The molecule has 0 N–H and O–H groups in total. The second-order valence-electron chi connectivity index (χ2n) is 2.54. The highest BCUT2D eigenvalue weighted by atomic mass is 35.5. The van der Waals surface area contributed by atoms with E-state index in [2.05, 4.69) is 4.98 Å². The van der Waals surface area contributed by atoms with Crippen LogP contribution in [0.1, 0.15) is 19.0 Å². The lowest BCUT2D eigenvalue weighted by Crippen LogP contribution is -2.01. The van der Waals surface area contributed by atoms with Crippen LogP contribution in [0.3, 0.4) is 0 Å². The Hall–Kier alpha value is -0.890. The van der Waals surface area contributed by atoms with Crippen molar-refractivity contribution in [3.05, 3.63) is 29.0 Å². The summed E-state index contributed by atoms with van der Waals surface area (Å²) in [4.78, 5) is 15.0. The maximum Gasteiger partial charge on any atom is 0.138 e. The monoisotopic (exact) mass is 183 g/mol. The Kier molecular flexibility index (Phi) is 3.23. The largest absolute Gasteiger partial charge is 0.299 e. The van der Waals surface area contributed by atoms with Crippen LogP contribution in [0.5, 0.6) is 0 Å². The van der Waals surface area contributed by atoms with Gasteiger partial charge in [0, 0.05) is 24.7 Å². The molecule has 1 aromatic rings. The van der Waals surface area contributed by atoms with E-state index in [1.807, 2.05) is 6.92 Å². The fourth-order valence-electron chi connectivity index (χ4n) is 0.838. The second kappa shape index (κ2) is 4.21. The number of hydrogen-bond donors (Lipinski definition) is 0. The lowest BCUT2D eigenvalue weighted by Gasteiger charge is -1.97. The zero-order valence-corrected chi connectivity index (χ0v) is 7.64. The smallest absolute Gasteiger partial charge is 0.138 e. The van der Waals surface area contributed by atoms with Crippen molar-refractivity contribution in [2.75, 3.05) is 0 Å². The number of pyridine rings is 1. The van der Waals surface area contributed by atoms with E-state index in [0.29, 0.717) is 17.9 Å². The summed E-state index contributed by atoms with van der Waals surface area (Å²) in [7, 11) is 0. The lowest BCUT2D eigenvalue weighted by atomic mass is 10.2. The molecule has 1 rings (SSSR count). The van der Waals surface area contributed by atoms with Crippen molar-refractivity contribution in [3.63, 3.8) is 0 Å². The molecule has 0 spiro atoms. The molecule has 0 aromatic carbocycles. The first-order chi connectivity index (χ1) is 5.72. The summed E-state index contributed by atoms with van der Waals surface area (Å²) in [6.45, 7) is 1.85. The van der Waals surface area contributed by atoms with Crippen LogP contribution in [0.15, 0.2) is 18.3 Å². The Balaban J connectivity index is 2.64. The van der Waals surface area contributed by atoms with Gasteiger partial charge < -0.3 is 0 Å². The van der Waals surface area contributed by atoms with Gasteiger partial charge in [-0.1, -0.05) is 18.5 Å². The van der Waals surface area contributed by atoms with Crippen LogP contribution in [-0.2, 0) is 11.2 Å². The number of rotatable bonds is 3. The number of ketones is 1. The van der Waals surface area contributed by atoms with Gasteiger partial charge in [-0.15, -0.1) is 0 Å². The molecule has 0 saturated heterocycles. The summed E-state index contributed by atoms with van der Waals surface area (Å²) in [5.41, 5.74) is 0.784. The number of carbonyl (C=O) groups excluding carboxylic acids is 1. The Bertz CT molecular complexity index is 268. The molecule has 3 heteroatoms. The highest BCUT2D eigenvalue weighted by Crippen LogP contribution is 2.06. The van der Waals surface area contributed by atoms with Crippen LogP contribution in [0.2, 0.25) is 5.02 Å². The van der Waals surface area contributed by atoms with Gasteiger partial charge in [-0.2, -0.15) is 0 Å². The normalized spacial score (nSPS) is 9.83. The third-order valence-electron chi connectivity index (χ3n) is 1.56. The van der Waals surface area contributed by atoms with E-state index in [4.69, 9.17) is 11.6 Å². The van der Waals surface area contributed by atoms with Gasteiger partial charge in [-0.3, -0.25) is 9.78 Å². The van der Waals surface area contributed by atoms with Crippen LogP contribution in [0.25, 0.3) is 0 Å². The lowest BCUT2D eigenvalue weighted by molar-refractivity contribution is -0.118. The number of Topliss-reactive ketones (excluding diaryl/α,β-unsaturated/α-hetero) is 1. The molecule has 2 nitrogen and oxygen atoms in total. The molecular formula is C9H10ClNO. The standard InChI is InChI=1S/C9H10ClNO/c1-2-9(12)5-8-4-3-7(10)6-11-8/h3-4,6H,2,5H2,1H3. The zero-order valence-electron chi connectivity index (χ0n) is 6.88. The first-order valence-corrected chi connectivity index (χ1v) is 4.22. The fraction of sp³-hybridized carbons (Fsp3) is 0.333. The molecule has 64 valence electrons. The van der Waals surface area contributed by atoms with Gasteiger partial charge in [0.15, 0.2) is 0 Å². The van der Waals surface area contributed by atoms with Crippen molar-refractivity contribution in [2.24, 2.45) is 0 Å². The van der Waals surface area contributed by atoms with E-state index in [-0.39, 0.29) is 5.78 Å². The Morgan fingerprint density at radius 2 is 2.33 bits per heavy atom. The molecular weight excluding hydrogens is 174 g/mol. The van der Waals surface area contributed by atoms with Gasteiger partial charge in [0.1, 0.15) is 5.78 Å². The average molecular weight is 184 g/mol. The minimum Gasteiger partial charge on any atom is -0.299 e. The van der Waals surface area contributed by atoms with Crippen molar-refractivity contribution >= 4 is 17.4 Å². The number of nitrogens with zero attached hydrogens (tertiary/aromatic N) is 1. The van der Waals surface area contributed by atoms with Crippen molar-refractivity contribution in [3.8, 4) is 0 Å². The first-order valence-electron chi connectivity index (χ1n) is 3.84. The van der Waals surface area contributed by atoms with Gasteiger partial charge >= 0.3 is 0 Å². The summed E-state index contributed by atoms with van der Waals surface area (Å²) in [6.07, 6.45) is 2.53. The number of carbonyl (C=O) groups is 1. The van der Waals surface area contributed by atoms with Gasteiger partial charge in [0.2, 0.25) is 0 Å². The molecule has 1 aromatic heterocycles. The number of aromatic nitrogens is 1. The van der Waals surface area contributed by atoms with E-state index in [1.165, 1.54) is 0 Å². The molecule has 0 bridgehead atoms. The highest BCUT2D eigenvalue weighted by Gasteiger charge is 2.00. The Labute approximate surface area is 76.6 Å². The van der Waals surface area contributed by atoms with Gasteiger partial charge in [0.05, 0.1) is 5.02 Å². The van der Waals surface area contributed by atoms with Crippen LogP contribution in [0, 0.1) is 0 Å². The quantitative estimate of drug-likeness (QED) is 0.720. The third-order valence-corrected chi connectivity index (χ3v) is 1.78. The summed E-state index contributed by atoms with van der Waals surface area (Å²) in [5.74, 6) is 0.199. The van der Waals surface area contributed by atoms with Crippen molar-refractivity contribution in [1.82, 2.24) is 4.98 Å².